The summed E-state index contributed by atoms with van der Waals surface area (Å²) >= 11 is 0. The van der Waals surface area contributed by atoms with Crippen molar-refractivity contribution in [3.8, 4) is 0 Å². The summed E-state index contributed by atoms with van der Waals surface area (Å²) in [4.78, 5) is 11.3. The Morgan fingerprint density at radius 2 is 2.19 bits per heavy atom. The maximum Gasteiger partial charge on any atom is 0.0927 e. The number of rotatable bonds is 0. The molecule has 0 aliphatic carbocycles. The summed E-state index contributed by atoms with van der Waals surface area (Å²) in [5.41, 5.74) is 4.91. The van der Waals surface area contributed by atoms with Crippen LogP contribution in [0.5, 0.6) is 0 Å². The second kappa shape index (κ2) is 2.82. The van der Waals surface area contributed by atoms with Crippen molar-refractivity contribution >= 4 is 23.3 Å². The molecular formula is C13H11N3. The molecule has 0 spiro atoms. The molecule has 3 aliphatic rings. The van der Waals surface area contributed by atoms with Crippen molar-refractivity contribution in [1.82, 2.24) is 4.90 Å². The fourth-order valence-electron chi connectivity index (χ4n) is 2.65. The zero-order valence-corrected chi connectivity index (χ0v) is 8.80. The topological polar surface area (TPSA) is 28.0 Å². The standard InChI is InChI=1S/C13H11N3/c1-2-4-11-9(3-1)10-5-6-16-8-14-7-12(16)13(10)15-11/h1-5,8,12H,6-7H2. The molecule has 1 unspecified atom stereocenters. The molecule has 0 bridgehead atoms. The maximum absolute atomic E-state index is 4.74. The second-order valence-corrected chi connectivity index (χ2v) is 4.33. The van der Waals surface area contributed by atoms with Crippen LogP contribution in [0, 0.1) is 0 Å². The monoisotopic (exact) mass is 209 g/mol. The highest BCUT2D eigenvalue weighted by atomic mass is 15.2. The molecule has 0 amide bonds. The molecule has 4 rings (SSSR count). The smallest absolute Gasteiger partial charge is 0.0927 e. The molecule has 0 aromatic heterocycles. The largest absolute Gasteiger partial charge is 0.349 e. The average Bonchev–Trinajstić information content (AvgIpc) is 2.92. The lowest BCUT2D eigenvalue weighted by molar-refractivity contribution is 0.456. The van der Waals surface area contributed by atoms with Gasteiger partial charge in [0.05, 0.1) is 30.3 Å². The van der Waals surface area contributed by atoms with Gasteiger partial charge in [-0.3, -0.25) is 4.99 Å². The molecule has 1 aromatic carbocycles. The molecule has 0 radical (unpaired) electrons. The van der Waals surface area contributed by atoms with E-state index in [1.165, 1.54) is 16.8 Å². The number of para-hydroxylation sites is 1. The maximum atomic E-state index is 4.74. The number of benzene rings is 1. The number of hydrogen-bond acceptors (Lipinski definition) is 3. The minimum atomic E-state index is 0.368. The second-order valence-electron chi connectivity index (χ2n) is 4.33. The zero-order valence-electron chi connectivity index (χ0n) is 8.80. The highest BCUT2D eigenvalue weighted by molar-refractivity contribution is 6.32. The minimum absolute atomic E-state index is 0.368. The highest BCUT2D eigenvalue weighted by Crippen LogP contribution is 2.38. The third kappa shape index (κ3) is 0.927. The summed E-state index contributed by atoms with van der Waals surface area (Å²) in [5.74, 6) is 0. The first-order chi connectivity index (χ1) is 7.93. The molecule has 0 saturated carbocycles. The van der Waals surface area contributed by atoms with Crippen molar-refractivity contribution in [3.05, 3.63) is 35.9 Å². The van der Waals surface area contributed by atoms with Gasteiger partial charge in [-0.15, -0.1) is 0 Å². The number of fused-ring (bicyclic) bond motifs is 5. The summed E-state index contributed by atoms with van der Waals surface area (Å²) in [5, 5.41) is 0. The molecule has 1 aromatic rings. The van der Waals surface area contributed by atoms with Gasteiger partial charge in [-0.2, -0.15) is 0 Å². The number of hydrogen-bond donors (Lipinski definition) is 0. The molecule has 78 valence electrons. The van der Waals surface area contributed by atoms with Crippen molar-refractivity contribution in [2.75, 3.05) is 13.1 Å². The Kier molecular flexibility index (Phi) is 1.46. The summed E-state index contributed by atoms with van der Waals surface area (Å²) in [6, 6.07) is 8.73. The van der Waals surface area contributed by atoms with Crippen LogP contribution in [0.25, 0.3) is 5.57 Å². The Hall–Kier alpha value is -1.90. The van der Waals surface area contributed by atoms with Crippen LogP contribution in [-0.2, 0) is 0 Å². The van der Waals surface area contributed by atoms with E-state index in [0.29, 0.717) is 6.04 Å². The molecule has 16 heavy (non-hydrogen) atoms. The predicted molar refractivity (Wildman–Crippen MR) is 65.4 cm³/mol. The summed E-state index contributed by atoms with van der Waals surface area (Å²) in [6.45, 7) is 1.81. The van der Waals surface area contributed by atoms with Crippen LogP contribution in [-0.4, -0.2) is 36.1 Å². The zero-order chi connectivity index (χ0) is 10.5. The fourth-order valence-corrected chi connectivity index (χ4v) is 2.65. The van der Waals surface area contributed by atoms with Crippen molar-refractivity contribution in [3.63, 3.8) is 0 Å². The predicted octanol–water partition coefficient (Wildman–Crippen LogP) is 1.88. The van der Waals surface area contributed by atoms with E-state index in [1.807, 2.05) is 12.4 Å². The van der Waals surface area contributed by atoms with E-state index in [2.05, 4.69) is 34.2 Å². The summed E-state index contributed by atoms with van der Waals surface area (Å²) < 4.78 is 0. The van der Waals surface area contributed by atoms with E-state index in [4.69, 9.17) is 4.99 Å². The van der Waals surface area contributed by atoms with Crippen LogP contribution in [0.4, 0.5) is 5.69 Å². The number of aliphatic imine (C=N–C) groups is 2. The summed E-state index contributed by atoms with van der Waals surface area (Å²) in [7, 11) is 0. The quantitative estimate of drug-likeness (QED) is 0.641. The van der Waals surface area contributed by atoms with Crippen LogP contribution >= 0.6 is 0 Å². The lowest BCUT2D eigenvalue weighted by Crippen LogP contribution is -2.41. The van der Waals surface area contributed by atoms with Crippen LogP contribution in [0.3, 0.4) is 0 Å². The fraction of sp³-hybridized carbons (Fsp3) is 0.231. The van der Waals surface area contributed by atoms with E-state index in [9.17, 15) is 0 Å². The van der Waals surface area contributed by atoms with Gasteiger partial charge in [0.15, 0.2) is 0 Å². The van der Waals surface area contributed by atoms with E-state index >= 15 is 0 Å². The van der Waals surface area contributed by atoms with Crippen molar-refractivity contribution in [2.45, 2.75) is 6.04 Å². The lowest BCUT2D eigenvalue weighted by atomic mass is 9.95. The van der Waals surface area contributed by atoms with Crippen LogP contribution in [0.1, 0.15) is 5.56 Å². The molecule has 3 aliphatic heterocycles. The minimum Gasteiger partial charge on any atom is -0.349 e. The van der Waals surface area contributed by atoms with Crippen molar-refractivity contribution in [2.24, 2.45) is 9.98 Å². The van der Waals surface area contributed by atoms with Crippen LogP contribution < -0.4 is 0 Å². The van der Waals surface area contributed by atoms with Gasteiger partial charge in [0.1, 0.15) is 0 Å². The van der Waals surface area contributed by atoms with E-state index in [0.717, 1.165) is 18.8 Å². The normalized spacial score (nSPS) is 24.8. The molecular weight excluding hydrogens is 198 g/mol. The van der Waals surface area contributed by atoms with E-state index in [1.54, 1.807) is 0 Å². The van der Waals surface area contributed by atoms with Crippen molar-refractivity contribution in [1.29, 1.82) is 0 Å². The van der Waals surface area contributed by atoms with Gasteiger partial charge in [-0.25, -0.2) is 4.99 Å². The first kappa shape index (κ1) is 8.28. The molecule has 3 heterocycles. The van der Waals surface area contributed by atoms with Gasteiger partial charge in [-0.05, 0) is 6.07 Å². The van der Waals surface area contributed by atoms with E-state index < -0.39 is 0 Å². The lowest BCUT2D eigenvalue weighted by Gasteiger charge is -2.28. The van der Waals surface area contributed by atoms with Gasteiger partial charge >= 0.3 is 0 Å². The van der Waals surface area contributed by atoms with E-state index in [-0.39, 0.29) is 0 Å². The molecule has 0 saturated heterocycles. The average molecular weight is 209 g/mol. The van der Waals surface area contributed by atoms with Crippen LogP contribution in [0.15, 0.2) is 40.3 Å². The molecule has 0 N–H and O–H groups in total. The highest BCUT2D eigenvalue weighted by Gasteiger charge is 2.34. The Labute approximate surface area is 93.8 Å². The number of nitrogens with zero attached hydrogens (tertiary/aromatic N) is 3. The van der Waals surface area contributed by atoms with Gasteiger partial charge < -0.3 is 4.90 Å². The Morgan fingerprint density at radius 1 is 1.25 bits per heavy atom. The van der Waals surface area contributed by atoms with Gasteiger partial charge in [-0.1, -0.05) is 24.3 Å². The summed E-state index contributed by atoms with van der Waals surface area (Å²) in [6.07, 6.45) is 4.21. The van der Waals surface area contributed by atoms with Gasteiger partial charge in [0.25, 0.3) is 0 Å². The molecule has 3 nitrogen and oxygen atoms in total. The first-order valence-corrected chi connectivity index (χ1v) is 5.58. The third-order valence-corrected chi connectivity index (χ3v) is 3.44. The Morgan fingerprint density at radius 3 is 3.19 bits per heavy atom. The van der Waals surface area contributed by atoms with Gasteiger partial charge in [0, 0.05) is 17.7 Å². The third-order valence-electron chi connectivity index (χ3n) is 3.44. The first-order valence-electron chi connectivity index (χ1n) is 5.58. The molecule has 3 heteroatoms. The van der Waals surface area contributed by atoms with Gasteiger partial charge in [0.2, 0.25) is 0 Å². The Balaban J connectivity index is 1.89. The molecule has 0 fully saturated rings. The Bertz CT molecular complexity index is 554. The van der Waals surface area contributed by atoms with Crippen LogP contribution in [0.2, 0.25) is 0 Å². The van der Waals surface area contributed by atoms with Crippen molar-refractivity contribution < 1.29 is 0 Å². The SMILES string of the molecule is C1=NCC2C3=Nc4ccccc4C3=CCN12. The molecule has 1 atom stereocenters.